The molecule has 1 aromatic rings. The number of thiophene rings is 1. The summed E-state index contributed by atoms with van der Waals surface area (Å²) in [6, 6.07) is 0. The van der Waals surface area contributed by atoms with Crippen molar-refractivity contribution in [1.82, 2.24) is 0 Å². The molecule has 0 aliphatic rings. The highest BCUT2D eigenvalue weighted by atomic mass is 32.1. The molecule has 108 valence electrons. The zero-order valence-electron chi connectivity index (χ0n) is 12.4. The number of hydrogen-bond donors (Lipinski definition) is 1. The maximum atomic E-state index is 12.1. The van der Waals surface area contributed by atoms with Crippen LogP contribution < -0.4 is 15.4 Å². The molecule has 2 N–H and O–H groups in total. The number of ether oxygens (including phenoxy) is 1. The number of nitrogens with two attached hydrogens (primary N) is 1. The van der Waals surface area contributed by atoms with E-state index in [4.69, 9.17) is 10.5 Å². The van der Waals surface area contributed by atoms with Gasteiger partial charge in [-0.05, 0) is 6.42 Å². The van der Waals surface area contributed by atoms with E-state index in [1.807, 2.05) is 20.9 Å². The Kier molecular flexibility index (Phi) is 5.66. The van der Waals surface area contributed by atoms with Crippen LogP contribution in [0.5, 0.6) is 5.75 Å². The third kappa shape index (κ3) is 3.41. The molecule has 0 fully saturated rings. The summed E-state index contributed by atoms with van der Waals surface area (Å²) in [7, 11) is 3.60. The van der Waals surface area contributed by atoms with Gasteiger partial charge in [0.1, 0.15) is 5.00 Å². The van der Waals surface area contributed by atoms with Gasteiger partial charge in [0.2, 0.25) is 0 Å². The molecule has 0 aliphatic heterocycles. The minimum Gasteiger partial charge on any atom is -0.492 e. The molecule has 19 heavy (non-hydrogen) atoms. The molecule has 0 spiro atoms. The molecule has 5 heteroatoms. The highest BCUT2D eigenvalue weighted by Gasteiger charge is 2.25. The summed E-state index contributed by atoms with van der Waals surface area (Å²) in [5.74, 6) is 0.656. The van der Waals surface area contributed by atoms with Crippen molar-refractivity contribution in [3.8, 4) is 5.75 Å². The van der Waals surface area contributed by atoms with Gasteiger partial charge in [0.15, 0.2) is 11.5 Å². The van der Waals surface area contributed by atoms with Crippen LogP contribution in [0.25, 0.3) is 0 Å². The van der Waals surface area contributed by atoms with Crippen LogP contribution in [0.15, 0.2) is 0 Å². The number of carbonyl (C=O) groups is 1. The Balaban J connectivity index is 3.12. The van der Waals surface area contributed by atoms with E-state index in [1.165, 1.54) is 11.3 Å². The van der Waals surface area contributed by atoms with Crippen molar-refractivity contribution >= 4 is 27.8 Å². The van der Waals surface area contributed by atoms with Crippen molar-refractivity contribution in [2.24, 2.45) is 5.92 Å². The molecule has 1 rings (SSSR count). The molecule has 0 unspecified atom stereocenters. The van der Waals surface area contributed by atoms with Crippen molar-refractivity contribution < 1.29 is 9.53 Å². The predicted molar refractivity (Wildman–Crippen MR) is 82.6 cm³/mol. The number of nitrogens with zero attached hydrogens (tertiary/aromatic N) is 1. The lowest BCUT2D eigenvalue weighted by atomic mass is 10.1. The fourth-order valence-corrected chi connectivity index (χ4v) is 3.07. The van der Waals surface area contributed by atoms with Gasteiger partial charge in [0, 0.05) is 19.5 Å². The molecular formula is C14H24N2O2S. The molecule has 1 aromatic heterocycles. The summed E-state index contributed by atoms with van der Waals surface area (Å²) in [6.45, 7) is 6.85. The highest BCUT2D eigenvalue weighted by molar-refractivity contribution is 7.19. The number of ketones is 1. The van der Waals surface area contributed by atoms with Crippen molar-refractivity contribution in [3.63, 3.8) is 0 Å². The van der Waals surface area contributed by atoms with Crippen molar-refractivity contribution in [1.29, 1.82) is 0 Å². The smallest absolute Gasteiger partial charge is 0.177 e. The first kappa shape index (κ1) is 15.8. The van der Waals surface area contributed by atoms with E-state index in [0.29, 0.717) is 16.3 Å². The normalized spacial score (nSPS) is 10.8. The van der Waals surface area contributed by atoms with Crippen LogP contribution in [0.2, 0.25) is 0 Å². The average Bonchev–Trinajstić information content (AvgIpc) is 2.71. The quantitative estimate of drug-likeness (QED) is 0.780. The Labute approximate surface area is 119 Å². The minimum absolute atomic E-state index is 0.0561. The van der Waals surface area contributed by atoms with Crippen LogP contribution >= 0.6 is 11.3 Å². The average molecular weight is 284 g/mol. The monoisotopic (exact) mass is 284 g/mol. The molecule has 0 aliphatic carbocycles. The second kappa shape index (κ2) is 6.80. The molecule has 0 amide bonds. The van der Waals surface area contributed by atoms with Gasteiger partial charge in [-0.25, -0.2) is 0 Å². The van der Waals surface area contributed by atoms with Gasteiger partial charge >= 0.3 is 0 Å². The van der Waals surface area contributed by atoms with Crippen LogP contribution in [-0.2, 0) is 0 Å². The Bertz CT molecular complexity index is 441. The number of anilines is 2. The molecule has 0 aromatic carbocycles. The summed E-state index contributed by atoms with van der Waals surface area (Å²) >= 11 is 1.43. The maximum Gasteiger partial charge on any atom is 0.177 e. The van der Waals surface area contributed by atoms with Gasteiger partial charge in [-0.15, -0.1) is 11.3 Å². The summed E-state index contributed by atoms with van der Waals surface area (Å²) < 4.78 is 5.38. The summed E-state index contributed by atoms with van der Waals surface area (Å²) in [4.78, 5) is 14.9. The van der Waals surface area contributed by atoms with Gasteiger partial charge in [0.25, 0.3) is 0 Å². The fourth-order valence-electron chi connectivity index (χ4n) is 1.81. The van der Waals surface area contributed by atoms with Gasteiger partial charge < -0.3 is 15.4 Å². The van der Waals surface area contributed by atoms with E-state index in [1.54, 1.807) is 7.11 Å². The molecular weight excluding hydrogens is 260 g/mol. The van der Waals surface area contributed by atoms with Crippen molar-refractivity contribution in [2.45, 2.75) is 33.6 Å². The first-order chi connectivity index (χ1) is 8.93. The SMILES string of the molecule is CCCCN(C)c1sc(C(=O)C(C)C)c(N)c1OC. The van der Waals surface area contributed by atoms with Gasteiger partial charge in [-0.2, -0.15) is 0 Å². The number of hydrogen-bond acceptors (Lipinski definition) is 5. The Morgan fingerprint density at radius 1 is 1.47 bits per heavy atom. The van der Waals surface area contributed by atoms with Crippen LogP contribution in [0.1, 0.15) is 43.3 Å². The number of nitrogen functional groups attached to an aromatic ring is 1. The van der Waals surface area contributed by atoms with Crippen LogP contribution in [0.4, 0.5) is 10.7 Å². The topological polar surface area (TPSA) is 55.6 Å². The third-order valence-electron chi connectivity index (χ3n) is 3.03. The molecule has 1 heterocycles. The largest absolute Gasteiger partial charge is 0.492 e. The summed E-state index contributed by atoms with van der Waals surface area (Å²) in [5, 5.41) is 0.942. The van der Waals surface area contributed by atoms with E-state index in [9.17, 15) is 4.79 Å². The zero-order chi connectivity index (χ0) is 14.6. The van der Waals surface area contributed by atoms with E-state index in [-0.39, 0.29) is 11.7 Å². The molecule has 0 saturated carbocycles. The standard InChI is InChI=1S/C14H24N2O2S/c1-6-7-8-16(4)14-12(18-5)10(15)13(19-14)11(17)9(2)3/h9H,6-8,15H2,1-5H3. The fraction of sp³-hybridized carbons (Fsp3) is 0.643. The first-order valence-corrected chi connectivity index (χ1v) is 7.47. The van der Waals surface area contributed by atoms with Crippen LogP contribution in [0, 0.1) is 5.92 Å². The Morgan fingerprint density at radius 3 is 2.58 bits per heavy atom. The van der Waals surface area contributed by atoms with Crippen molar-refractivity contribution in [2.75, 3.05) is 31.3 Å². The third-order valence-corrected chi connectivity index (χ3v) is 4.34. The Morgan fingerprint density at radius 2 is 2.11 bits per heavy atom. The van der Waals surface area contributed by atoms with Gasteiger partial charge in [0.05, 0.1) is 17.7 Å². The van der Waals surface area contributed by atoms with E-state index >= 15 is 0 Å². The lowest BCUT2D eigenvalue weighted by Gasteiger charge is -2.18. The van der Waals surface area contributed by atoms with Crippen molar-refractivity contribution in [3.05, 3.63) is 4.88 Å². The second-order valence-electron chi connectivity index (χ2n) is 4.98. The number of methoxy groups -OCH3 is 1. The van der Waals surface area contributed by atoms with Crippen LogP contribution in [-0.4, -0.2) is 26.5 Å². The van der Waals surface area contributed by atoms with E-state index in [0.717, 1.165) is 24.4 Å². The summed E-state index contributed by atoms with van der Waals surface area (Å²) in [5.41, 5.74) is 6.53. The second-order valence-corrected chi connectivity index (χ2v) is 5.98. The number of carbonyl (C=O) groups excluding carboxylic acids is 1. The lowest BCUT2D eigenvalue weighted by molar-refractivity contribution is 0.0944. The lowest BCUT2D eigenvalue weighted by Crippen LogP contribution is -2.17. The number of unbranched alkanes of at least 4 members (excludes halogenated alkanes) is 1. The first-order valence-electron chi connectivity index (χ1n) is 6.65. The summed E-state index contributed by atoms with van der Waals surface area (Å²) in [6.07, 6.45) is 2.23. The molecule has 0 saturated heterocycles. The maximum absolute atomic E-state index is 12.1. The molecule has 0 bridgehead atoms. The van der Waals surface area contributed by atoms with E-state index in [2.05, 4.69) is 11.8 Å². The molecule has 0 atom stereocenters. The zero-order valence-corrected chi connectivity index (χ0v) is 13.3. The number of rotatable bonds is 7. The molecule has 4 nitrogen and oxygen atoms in total. The highest BCUT2D eigenvalue weighted by Crippen LogP contribution is 2.45. The molecule has 0 radical (unpaired) electrons. The predicted octanol–water partition coefficient (Wildman–Crippen LogP) is 3.41. The van der Waals surface area contributed by atoms with E-state index < -0.39 is 0 Å². The van der Waals surface area contributed by atoms with Crippen LogP contribution in [0.3, 0.4) is 0 Å². The minimum atomic E-state index is -0.0561. The number of Topliss-reactive ketones (excluding diaryl/α,β-unsaturated/α-hetero) is 1. The van der Waals surface area contributed by atoms with Gasteiger partial charge in [-0.3, -0.25) is 4.79 Å². The van der Waals surface area contributed by atoms with Gasteiger partial charge in [-0.1, -0.05) is 27.2 Å². The Hall–Kier alpha value is -1.23.